The molecule has 1 aromatic rings. The molecular formula is C14H24N2OS. The minimum Gasteiger partial charge on any atom is -0.385 e. The zero-order chi connectivity index (χ0) is 13.3. The fraction of sp³-hybridized carbons (Fsp3) is 0.786. The minimum atomic E-state index is -0.753. The van der Waals surface area contributed by atoms with Gasteiger partial charge < -0.3 is 5.11 Å². The van der Waals surface area contributed by atoms with E-state index in [0.717, 1.165) is 35.2 Å². The summed E-state index contributed by atoms with van der Waals surface area (Å²) in [5.41, 5.74) is 0.409. The van der Waals surface area contributed by atoms with E-state index < -0.39 is 5.60 Å². The van der Waals surface area contributed by atoms with Gasteiger partial charge >= 0.3 is 0 Å². The number of nitrogens with zero attached hydrogens (tertiary/aromatic N) is 2. The molecule has 102 valence electrons. The molecule has 0 aromatic carbocycles. The maximum absolute atomic E-state index is 10.3. The predicted molar refractivity (Wildman–Crippen MR) is 76.0 cm³/mol. The highest BCUT2D eigenvalue weighted by atomic mass is 32.1. The fourth-order valence-corrected chi connectivity index (χ4v) is 3.35. The van der Waals surface area contributed by atoms with E-state index in [-0.39, 0.29) is 0 Å². The Morgan fingerprint density at radius 2 is 1.94 bits per heavy atom. The van der Waals surface area contributed by atoms with Crippen LogP contribution in [-0.2, 0) is 12.1 Å². The highest BCUT2D eigenvalue weighted by Crippen LogP contribution is 2.45. The first kappa shape index (κ1) is 14.0. The van der Waals surface area contributed by atoms with Gasteiger partial charge in [-0.05, 0) is 39.8 Å². The monoisotopic (exact) mass is 268 g/mol. The molecular weight excluding hydrogens is 244 g/mol. The summed E-state index contributed by atoms with van der Waals surface area (Å²) in [6, 6.07) is 0. The lowest BCUT2D eigenvalue weighted by Gasteiger charge is -2.17. The van der Waals surface area contributed by atoms with Crippen LogP contribution in [0.3, 0.4) is 0 Å². The lowest BCUT2D eigenvalue weighted by atomic mass is 10.0. The lowest BCUT2D eigenvalue weighted by molar-refractivity contribution is 0.0813. The summed E-state index contributed by atoms with van der Waals surface area (Å²) >= 11 is 1.69. The third-order valence-electron chi connectivity index (χ3n) is 3.47. The number of rotatable bonds is 6. The second kappa shape index (κ2) is 5.27. The molecule has 0 aliphatic heterocycles. The average molecular weight is 268 g/mol. The largest absolute Gasteiger partial charge is 0.385 e. The summed E-state index contributed by atoms with van der Waals surface area (Å²) < 4.78 is 0. The first-order chi connectivity index (χ1) is 8.45. The molecule has 0 amide bonds. The first-order valence-electron chi connectivity index (χ1n) is 6.90. The third kappa shape index (κ3) is 3.11. The molecule has 1 fully saturated rings. The van der Waals surface area contributed by atoms with Crippen molar-refractivity contribution in [2.75, 3.05) is 13.1 Å². The van der Waals surface area contributed by atoms with Crippen molar-refractivity contribution in [1.29, 1.82) is 0 Å². The van der Waals surface area contributed by atoms with Gasteiger partial charge in [0.2, 0.25) is 0 Å². The molecule has 0 radical (unpaired) electrons. The Labute approximate surface area is 114 Å². The van der Waals surface area contributed by atoms with E-state index in [1.807, 2.05) is 13.8 Å². The van der Waals surface area contributed by atoms with Gasteiger partial charge in [0.05, 0.1) is 22.7 Å². The van der Waals surface area contributed by atoms with E-state index in [1.54, 1.807) is 11.3 Å². The molecule has 4 heteroatoms. The van der Waals surface area contributed by atoms with Gasteiger partial charge in [0, 0.05) is 5.92 Å². The van der Waals surface area contributed by atoms with Crippen LogP contribution < -0.4 is 0 Å². The van der Waals surface area contributed by atoms with Gasteiger partial charge in [-0.15, -0.1) is 11.3 Å². The molecule has 1 aromatic heterocycles. The van der Waals surface area contributed by atoms with Crippen molar-refractivity contribution < 1.29 is 5.11 Å². The predicted octanol–water partition coefficient (Wildman–Crippen LogP) is 3.09. The maximum Gasteiger partial charge on any atom is 0.107 e. The number of aliphatic hydroxyl groups is 1. The van der Waals surface area contributed by atoms with Gasteiger partial charge in [-0.3, -0.25) is 4.90 Å². The van der Waals surface area contributed by atoms with E-state index in [9.17, 15) is 5.11 Å². The lowest BCUT2D eigenvalue weighted by Crippen LogP contribution is -2.21. The molecule has 0 bridgehead atoms. The van der Waals surface area contributed by atoms with Crippen molar-refractivity contribution >= 4 is 11.3 Å². The maximum atomic E-state index is 10.3. The van der Waals surface area contributed by atoms with Gasteiger partial charge in [0.25, 0.3) is 0 Å². The number of aromatic nitrogens is 1. The summed E-state index contributed by atoms with van der Waals surface area (Å²) in [5.74, 6) is 0.605. The van der Waals surface area contributed by atoms with Gasteiger partial charge in [-0.25, -0.2) is 4.98 Å². The number of thiazole rings is 1. The van der Waals surface area contributed by atoms with Crippen LogP contribution in [-0.4, -0.2) is 28.1 Å². The molecule has 1 N–H and O–H groups in total. The van der Waals surface area contributed by atoms with Gasteiger partial charge in [0.15, 0.2) is 0 Å². The molecule has 0 spiro atoms. The van der Waals surface area contributed by atoms with E-state index in [1.165, 1.54) is 12.8 Å². The van der Waals surface area contributed by atoms with Crippen molar-refractivity contribution in [2.24, 2.45) is 0 Å². The van der Waals surface area contributed by atoms with Crippen LogP contribution in [0.5, 0.6) is 0 Å². The Hall–Kier alpha value is -0.450. The molecule has 3 nitrogen and oxygen atoms in total. The fourth-order valence-electron chi connectivity index (χ4n) is 2.16. The number of hydrogen-bond acceptors (Lipinski definition) is 4. The van der Waals surface area contributed by atoms with Crippen LogP contribution in [0.25, 0.3) is 0 Å². The molecule has 1 aliphatic carbocycles. The topological polar surface area (TPSA) is 36.4 Å². The van der Waals surface area contributed by atoms with Gasteiger partial charge in [0.1, 0.15) is 5.01 Å². The smallest absolute Gasteiger partial charge is 0.107 e. The third-order valence-corrected chi connectivity index (χ3v) is 4.84. The Kier molecular flexibility index (Phi) is 4.09. The molecule has 2 rings (SSSR count). The van der Waals surface area contributed by atoms with E-state index >= 15 is 0 Å². The van der Waals surface area contributed by atoms with Crippen molar-refractivity contribution in [1.82, 2.24) is 9.88 Å². The average Bonchev–Trinajstić information content (AvgIpc) is 3.05. The van der Waals surface area contributed by atoms with Gasteiger partial charge in [-0.2, -0.15) is 0 Å². The summed E-state index contributed by atoms with van der Waals surface area (Å²) in [4.78, 5) is 8.23. The highest BCUT2D eigenvalue weighted by molar-refractivity contribution is 7.11. The molecule has 0 unspecified atom stereocenters. The normalized spacial score (nSPS) is 16.6. The second-order valence-electron chi connectivity index (χ2n) is 5.62. The van der Waals surface area contributed by atoms with E-state index in [0.29, 0.717) is 5.92 Å². The van der Waals surface area contributed by atoms with Crippen LogP contribution in [0.2, 0.25) is 0 Å². The van der Waals surface area contributed by atoms with E-state index in [2.05, 4.69) is 18.7 Å². The Balaban J connectivity index is 2.22. The zero-order valence-electron chi connectivity index (χ0n) is 11.9. The van der Waals surface area contributed by atoms with Crippen molar-refractivity contribution in [3.8, 4) is 0 Å². The molecule has 1 saturated carbocycles. The highest BCUT2D eigenvalue weighted by Gasteiger charge is 2.34. The number of hydrogen-bond donors (Lipinski definition) is 1. The van der Waals surface area contributed by atoms with Crippen LogP contribution in [0, 0.1) is 0 Å². The Bertz CT molecular complexity index is 400. The Morgan fingerprint density at radius 1 is 1.33 bits per heavy atom. The van der Waals surface area contributed by atoms with Crippen LogP contribution in [0.15, 0.2) is 0 Å². The van der Waals surface area contributed by atoms with Crippen LogP contribution in [0.1, 0.15) is 62.0 Å². The summed E-state index contributed by atoms with van der Waals surface area (Å²) in [6.45, 7) is 11.1. The molecule has 0 saturated heterocycles. The minimum absolute atomic E-state index is 0.605. The van der Waals surface area contributed by atoms with Gasteiger partial charge in [-0.1, -0.05) is 13.8 Å². The SMILES string of the molecule is CCN(CC)Cc1nc(C2CC2)c(C(C)(C)O)s1. The van der Waals surface area contributed by atoms with E-state index in [4.69, 9.17) is 4.98 Å². The first-order valence-corrected chi connectivity index (χ1v) is 7.72. The van der Waals surface area contributed by atoms with Crippen LogP contribution >= 0.6 is 11.3 Å². The van der Waals surface area contributed by atoms with Crippen molar-refractivity contribution in [3.05, 3.63) is 15.6 Å². The second-order valence-corrected chi connectivity index (χ2v) is 6.70. The quantitative estimate of drug-likeness (QED) is 0.861. The standard InChI is InChI=1S/C14H24N2OS/c1-5-16(6-2)9-11-15-12(10-7-8-10)13(18-11)14(3,4)17/h10,17H,5-9H2,1-4H3. The molecule has 1 aliphatic rings. The van der Waals surface area contributed by atoms with Crippen molar-refractivity contribution in [3.63, 3.8) is 0 Å². The zero-order valence-corrected chi connectivity index (χ0v) is 12.7. The molecule has 1 heterocycles. The summed E-state index contributed by atoms with van der Waals surface area (Å²) in [6.07, 6.45) is 2.47. The van der Waals surface area contributed by atoms with Crippen molar-refractivity contribution in [2.45, 2.75) is 58.6 Å². The molecule has 0 atom stereocenters. The molecule has 18 heavy (non-hydrogen) atoms. The van der Waals surface area contributed by atoms with Crippen LogP contribution in [0.4, 0.5) is 0 Å². The summed E-state index contributed by atoms with van der Waals surface area (Å²) in [5, 5.41) is 11.4. The summed E-state index contributed by atoms with van der Waals surface area (Å²) in [7, 11) is 0. The Morgan fingerprint density at radius 3 is 2.39 bits per heavy atom.